The number of carbonyl (C=O) groups excluding carboxylic acids is 1. The summed E-state index contributed by atoms with van der Waals surface area (Å²) in [5.74, 6) is 1.54. The summed E-state index contributed by atoms with van der Waals surface area (Å²) < 4.78 is 5.43. The minimum atomic E-state index is -0.0462. The lowest BCUT2D eigenvalue weighted by atomic mass is 9.92. The number of anilines is 1. The molecule has 0 aliphatic carbocycles. The van der Waals surface area contributed by atoms with Crippen molar-refractivity contribution in [1.29, 1.82) is 0 Å². The molecule has 1 aliphatic heterocycles. The van der Waals surface area contributed by atoms with Gasteiger partial charge < -0.3 is 14.6 Å². The van der Waals surface area contributed by atoms with Crippen LogP contribution in [0.25, 0.3) is 11.5 Å². The van der Waals surface area contributed by atoms with Gasteiger partial charge in [-0.05, 0) is 55.0 Å². The van der Waals surface area contributed by atoms with Crippen molar-refractivity contribution in [2.45, 2.75) is 32.1 Å². The van der Waals surface area contributed by atoms with Gasteiger partial charge in [-0.15, -0.1) is 10.2 Å². The second-order valence-electron chi connectivity index (χ2n) is 7.16. The number of hydrogen-bond acceptors (Lipinski definition) is 4. The van der Waals surface area contributed by atoms with E-state index in [1.165, 1.54) is 5.56 Å². The van der Waals surface area contributed by atoms with Gasteiger partial charge in [-0.2, -0.15) is 0 Å². The van der Waals surface area contributed by atoms with E-state index in [-0.39, 0.29) is 6.03 Å². The topological polar surface area (TPSA) is 71.3 Å². The quantitative estimate of drug-likeness (QED) is 0.709. The molecule has 1 fully saturated rings. The lowest BCUT2D eigenvalue weighted by molar-refractivity contribution is 0.213. The molecule has 2 aromatic carbocycles. The fourth-order valence-corrected chi connectivity index (χ4v) is 3.67. The Hall–Kier alpha value is -3.15. The summed E-state index contributed by atoms with van der Waals surface area (Å²) in [7, 11) is 0. The number of hydrogen-bond donors (Lipinski definition) is 1. The van der Waals surface area contributed by atoms with Crippen molar-refractivity contribution in [3.05, 3.63) is 66.1 Å². The summed E-state index contributed by atoms with van der Waals surface area (Å²) >= 11 is 0. The number of rotatable bonds is 3. The zero-order valence-electron chi connectivity index (χ0n) is 16.0. The van der Waals surface area contributed by atoms with Gasteiger partial charge in [0.25, 0.3) is 0 Å². The SMILES string of the molecule is Cc1nnc(-c2ccc(NC(=O)N3CCC[C@@H](c4ccccc4)CC3)cc2)o1. The normalized spacial score (nSPS) is 17.2. The first-order valence-corrected chi connectivity index (χ1v) is 9.70. The van der Waals surface area contributed by atoms with E-state index in [1.807, 2.05) is 35.2 Å². The van der Waals surface area contributed by atoms with Crippen LogP contribution in [0, 0.1) is 6.92 Å². The summed E-state index contributed by atoms with van der Waals surface area (Å²) in [5.41, 5.74) is 2.96. The van der Waals surface area contributed by atoms with Gasteiger partial charge in [0.1, 0.15) is 0 Å². The van der Waals surface area contributed by atoms with Crippen LogP contribution in [-0.2, 0) is 0 Å². The van der Waals surface area contributed by atoms with E-state index in [1.54, 1.807) is 6.92 Å². The van der Waals surface area contributed by atoms with Crippen LogP contribution in [0.3, 0.4) is 0 Å². The van der Waals surface area contributed by atoms with Crippen molar-refractivity contribution in [2.24, 2.45) is 0 Å². The van der Waals surface area contributed by atoms with Crippen molar-refractivity contribution in [3.63, 3.8) is 0 Å². The van der Waals surface area contributed by atoms with Crippen LogP contribution in [0.4, 0.5) is 10.5 Å². The van der Waals surface area contributed by atoms with Crippen molar-refractivity contribution >= 4 is 11.7 Å². The standard InChI is InChI=1S/C22H24N4O2/c1-16-24-25-21(28-16)19-9-11-20(12-10-19)23-22(27)26-14-5-8-18(13-15-26)17-6-3-2-4-7-17/h2-4,6-7,9-12,18H,5,8,13-15H2,1H3,(H,23,27)/t18-/m1/s1. The van der Waals surface area contributed by atoms with Gasteiger partial charge >= 0.3 is 6.03 Å². The number of aryl methyl sites for hydroxylation is 1. The Morgan fingerprint density at radius 2 is 1.82 bits per heavy atom. The minimum absolute atomic E-state index is 0.0462. The Balaban J connectivity index is 1.36. The third-order valence-electron chi connectivity index (χ3n) is 5.20. The number of benzene rings is 2. The zero-order chi connectivity index (χ0) is 19.3. The van der Waals surface area contributed by atoms with Crippen LogP contribution in [0.15, 0.2) is 59.0 Å². The molecule has 28 heavy (non-hydrogen) atoms. The molecular weight excluding hydrogens is 352 g/mol. The maximum Gasteiger partial charge on any atom is 0.321 e. The molecule has 0 unspecified atom stereocenters. The summed E-state index contributed by atoms with van der Waals surface area (Å²) in [6.07, 6.45) is 3.13. The smallest absolute Gasteiger partial charge is 0.321 e. The van der Waals surface area contributed by atoms with E-state index < -0.39 is 0 Å². The number of likely N-dealkylation sites (tertiary alicyclic amines) is 1. The van der Waals surface area contributed by atoms with Gasteiger partial charge in [0.15, 0.2) is 0 Å². The predicted molar refractivity (Wildman–Crippen MR) is 108 cm³/mol. The first-order valence-electron chi connectivity index (χ1n) is 9.70. The zero-order valence-corrected chi connectivity index (χ0v) is 16.0. The van der Waals surface area contributed by atoms with Crippen LogP contribution in [0.1, 0.15) is 36.6 Å². The van der Waals surface area contributed by atoms with E-state index in [0.29, 0.717) is 17.7 Å². The highest BCUT2D eigenvalue weighted by molar-refractivity contribution is 5.89. The molecule has 1 aromatic heterocycles. The van der Waals surface area contributed by atoms with Gasteiger partial charge in [-0.1, -0.05) is 30.3 Å². The number of aromatic nitrogens is 2. The van der Waals surface area contributed by atoms with Crippen molar-refractivity contribution in [3.8, 4) is 11.5 Å². The van der Waals surface area contributed by atoms with E-state index in [2.05, 4.69) is 39.8 Å². The molecule has 6 nitrogen and oxygen atoms in total. The highest BCUT2D eigenvalue weighted by Crippen LogP contribution is 2.28. The molecule has 6 heteroatoms. The van der Waals surface area contributed by atoms with Gasteiger partial charge in [0, 0.05) is 31.3 Å². The van der Waals surface area contributed by atoms with Crippen LogP contribution in [0.2, 0.25) is 0 Å². The molecule has 3 aromatic rings. The van der Waals surface area contributed by atoms with Gasteiger partial charge in [-0.25, -0.2) is 4.79 Å². The van der Waals surface area contributed by atoms with Crippen molar-refractivity contribution in [1.82, 2.24) is 15.1 Å². The molecule has 1 atom stereocenters. The second kappa shape index (κ2) is 8.25. The lowest BCUT2D eigenvalue weighted by Gasteiger charge is -2.21. The number of amides is 2. The first-order chi connectivity index (χ1) is 13.7. The predicted octanol–water partition coefficient (Wildman–Crippen LogP) is 4.85. The summed E-state index contributed by atoms with van der Waals surface area (Å²) in [6.45, 7) is 3.31. The Kier molecular flexibility index (Phi) is 5.37. The second-order valence-corrected chi connectivity index (χ2v) is 7.16. The highest BCUT2D eigenvalue weighted by Gasteiger charge is 2.21. The molecule has 0 radical (unpaired) electrons. The highest BCUT2D eigenvalue weighted by atomic mass is 16.4. The summed E-state index contributed by atoms with van der Waals surface area (Å²) in [4.78, 5) is 14.6. The monoisotopic (exact) mass is 376 g/mol. The Morgan fingerprint density at radius 3 is 2.54 bits per heavy atom. The third-order valence-corrected chi connectivity index (χ3v) is 5.20. The fourth-order valence-electron chi connectivity index (χ4n) is 3.67. The average molecular weight is 376 g/mol. The Labute approximate surface area is 164 Å². The van der Waals surface area contributed by atoms with Crippen molar-refractivity contribution < 1.29 is 9.21 Å². The molecule has 4 rings (SSSR count). The molecule has 0 bridgehead atoms. The van der Waals surface area contributed by atoms with E-state index in [0.717, 1.165) is 43.6 Å². The van der Waals surface area contributed by atoms with E-state index in [4.69, 9.17) is 4.42 Å². The molecule has 2 heterocycles. The van der Waals surface area contributed by atoms with Gasteiger partial charge in [0.05, 0.1) is 0 Å². The van der Waals surface area contributed by atoms with Gasteiger partial charge in [-0.3, -0.25) is 0 Å². The minimum Gasteiger partial charge on any atom is -0.421 e. The van der Waals surface area contributed by atoms with E-state index in [9.17, 15) is 4.79 Å². The Morgan fingerprint density at radius 1 is 1.04 bits per heavy atom. The number of nitrogens with zero attached hydrogens (tertiary/aromatic N) is 3. The summed E-state index contributed by atoms with van der Waals surface area (Å²) in [6, 6.07) is 18.0. The third kappa shape index (κ3) is 4.22. The number of urea groups is 1. The Bertz CT molecular complexity index is 921. The summed E-state index contributed by atoms with van der Waals surface area (Å²) in [5, 5.41) is 10.8. The van der Waals surface area contributed by atoms with Crippen molar-refractivity contribution in [2.75, 3.05) is 18.4 Å². The number of nitrogens with one attached hydrogen (secondary N) is 1. The average Bonchev–Trinajstić information content (AvgIpc) is 3.01. The molecule has 1 aliphatic rings. The molecule has 1 N–H and O–H groups in total. The first kappa shape index (κ1) is 18.2. The van der Waals surface area contributed by atoms with Gasteiger partial charge in [0.2, 0.25) is 11.8 Å². The lowest BCUT2D eigenvalue weighted by Crippen LogP contribution is -2.35. The van der Waals surface area contributed by atoms with E-state index >= 15 is 0 Å². The van der Waals surface area contributed by atoms with Crippen LogP contribution < -0.4 is 5.32 Å². The van der Waals surface area contributed by atoms with Crippen LogP contribution in [0.5, 0.6) is 0 Å². The molecule has 2 amide bonds. The molecule has 1 saturated heterocycles. The molecule has 144 valence electrons. The maximum absolute atomic E-state index is 12.7. The van der Waals surface area contributed by atoms with Crippen LogP contribution >= 0.6 is 0 Å². The molecular formula is C22H24N4O2. The maximum atomic E-state index is 12.7. The fraction of sp³-hybridized carbons (Fsp3) is 0.318. The molecule has 0 saturated carbocycles. The largest absolute Gasteiger partial charge is 0.421 e. The number of carbonyl (C=O) groups is 1. The molecule has 0 spiro atoms. The van der Waals surface area contributed by atoms with Crippen LogP contribution in [-0.4, -0.2) is 34.2 Å².